The van der Waals surface area contributed by atoms with Crippen molar-refractivity contribution in [3.63, 3.8) is 0 Å². The summed E-state index contributed by atoms with van der Waals surface area (Å²) in [7, 11) is 1.92. The van der Waals surface area contributed by atoms with Crippen molar-refractivity contribution < 1.29 is 4.79 Å². The smallest absolute Gasteiger partial charge is 0.251 e. The number of hydrogen-bond donors (Lipinski definition) is 2. The molecule has 1 unspecified atom stereocenters. The van der Waals surface area contributed by atoms with Gasteiger partial charge in [0.25, 0.3) is 5.91 Å². The van der Waals surface area contributed by atoms with Gasteiger partial charge in [0.15, 0.2) is 0 Å². The number of aromatic nitrogens is 2. The minimum Gasteiger partial charge on any atom is -0.377 e. The van der Waals surface area contributed by atoms with Gasteiger partial charge >= 0.3 is 0 Å². The van der Waals surface area contributed by atoms with Crippen LogP contribution in [0.25, 0.3) is 0 Å². The number of aryl methyl sites for hydroxylation is 1. The van der Waals surface area contributed by atoms with Crippen LogP contribution in [-0.2, 0) is 7.05 Å². The molecule has 1 aromatic heterocycles. The fourth-order valence-corrected chi connectivity index (χ4v) is 2.12. The summed E-state index contributed by atoms with van der Waals surface area (Å²) in [6.45, 7) is 6.11. The highest BCUT2D eigenvalue weighted by Crippen LogP contribution is 2.18. The number of carbonyl (C=O) groups excluding carboxylic acids is 1. The van der Waals surface area contributed by atoms with Gasteiger partial charge in [0.2, 0.25) is 0 Å². The fourth-order valence-electron chi connectivity index (χ4n) is 2.12. The number of carbonyl (C=O) groups is 1. The third kappa shape index (κ3) is 3.72. The minimum atomic E-state index is -0.0962. The Balaban J connectivity index is 2.01. The molecule has 0 saturated carbocycles. The maximum Gasteiger partial charge on any atom is 0.251 e. The predicted octanol–water partition coefficient (Wildman–Crippen LogP) is 2.51. The number of amides is 1. The van der Waals surface area contributed by atoms with E-state index in [2.05, 4.69) is 29.2 Å². The van der Waals surface area contributed by atoms with Crippen LogP contribution in [0.5, 0.6) is 0 Å². The van der Waals surface area contributed by atoms with Crippen molar-refractivity contribution >= 4 is 11.6 Å². The molecule has 1 atom stereocenters. The van der Waals surface area contributed by atoms with E-state index in [-0.39, 0.29) is 11.9 Å². The van der Waals surface area contributed by atoms with Gasteiger partial charge in [-0.05, 0) is 37.3 Å². The molecule has 21 heavy (non-hydrogen) atoms. The number of nitrogens with one attached hydrogen (secondary N) is 2. The molecule has 0 fully saturated rings. The van der Waals surface area contributed by atoms with Crippen LogP contribution in [0.15, 0.2) is 49.2 Å². The van der Waals surface area contributed by atoms with Crippen molar-refractivity contribution in [3.8, 4) is 0 Å². The normalized spacial score (nSPS) is 11.7. The van der Waals surface area contributed by atoms with Gasteiger partial charge in [-0.15, -0.1) is 6.58 Å². The van der Waals surface area contributed by atoms with Gasteiger partial charge in [0, 0.05) is 31.0 Å². The Hall–Kier alpha value is -2.56. The Bertz CT molecular complexity index is 615. The highest BCUT2D eigenvalue weighted by atomic mass is 16.1. The van der Waals surface area contributed by atoms with Crippen LogP contribution in [0.4, 0.5) is 5.69 Å². The van der Waals surface area contributed by atoms with E-state index < -0.39 is 0 Å². The van der Waals surface area contributed by atoms with Gasteiger partial charge < -0.3 is 10.6 Å². The van der Waals surface area contributed by atoms with Crippen molar-refractivity contribution in [2.45, 2.75) is 13.0 Å². The molecule has 110 valence electrons. The van der Waals surface area contributed by atoms with Crippen LogP contribution >= 0.6 is 0 Å². The van der Waals surface area contributed by atoms with E-state index in [1.54, 1.807) is 24.4 Å². The van der Waals surface area contributed by atoms with Gasteiger partial charge in [0.1, 0.15) is 0 Å². The van der Waals surface area contributed by atoms with Crippen molar-refractivity contribution in [1.29, 1.82) is 0 Å². The summed E-state index contributed by atoms with van der Waals surface area (Å²) in [6.07, 6.45) is 3.43. The first-order valence-corrected chi connectivity index (χ1v) is 6.85. The SMILES string of the molecule is C=CCNC(=O)c1ccc(NC(C)c2ccnn2C)cc1. The number of anilines is 1. The second-order valence-electron chi connectivity index (χ2n) is 4.82. The lowest BCUT2D eigenvalue weighted by Crippen LogP contribution is -2.23. The average Bonchev–Trinajstić information content (AvgIpc) is 2.91. The zero-order valence-corrected chi connectivity index (χ0v) is 12.3. The lowest BCUT2D eigenvalue weighted by molar-refractivity contribution is 0.0958. The Labute approximate surface area is 124 Å². The molecule has 5 heteroatoms. The van der Waals surface area contributed by atoms with E-state index in [9.17, 15) is 4.79 Å². The van der Waals surface area contributed by atoms with Crippen LogP contribution in [0.1, 0.15) is 29.0 Å². The third-order valence-electron chi connectivity index (χ3n) is 3.24. The van der Waals surface area contributed by atoms with E-state index in [0.29, 0.717) is 12.1 Å². The largest absolute Gasteiger partial charge is 0.377 e. The Morgan fingerprint density at radius 2 is 2.10 bits per heavy atom. The summed E-state index contributed by atoms with van der Waals surface area (Å²) in [4.78, 5) is 11.8. The topological polar surface area (TPSA) is 59.0 Å². The molecule has 2 rings (SSSR count). The molecule has 0 bridgehead atoms. The number of nitrogens with zero attached hydrogens (tertiary/aromatic N) is 2. The van der Waals surface area contributed by atoms with E-state index >= 15 is 0 Å². The van der Waals surface area contributed by atoms with Crippen LogP contribution in [-0.4, -0.2) is 22.2 Å². The molecular formula is C16H20N4O. The van der Waals surface area contributed by atoms with Gasteiger partial charge in [-0.2, -0.15) is 5.10 Å². The number of hydrogen-bond acceptors (Lipinski definition) is 3. The lowest BCUT2D eigenvalue weighted by atomic mass is 10.1. The molecule has 0 saturated heterocycles. The maximum absolute atomic E-state index is 11.8. The molecule has 1 aromatic carbocycles. The van der Waals surface area contributed by atoms with Crippen molar-refractivity contribution in [2.24, 2.45) is 7.05 Å². The summed E-state index contributed by atoms with van der Waals surface area (Å²) in [5.41, 5.74) is 2.70. The highest BCUT2D eigenvalue weighted by molar-refractivity contribution is 5.94. The summed E-state index contributed by atoms with van der Waals surface area (Å²) >= 11 is 0. The first-order chi connectivity index (χ1) is 10.1. The van der Waals surface area contributed by atoms with Crippen LogP contribution in [0, 0.1) is 0 Å². The number of benzene rings is 1. The lowest BCUT2D eigenvalue weighted by Gasteiger charge is -2.15. The van der Waals surface area contributed by atoms with Gasteiger partial charge in [-0.3, -0.25) is 9.48 Å². The Morgan fingerprint density at radius 3 is 2.67 bits per heavy atom. The van der Waals surface area contributed by atoms with Crippen molar-refractivity contribution in [3.05, 3.63) is 60.4 Å². The molecule has 0 spiro atoms. The minimum absolute atomic E-state index is 0.0962. The third-order valence-corrected chi connectivity index (χ3v) is 3.24. The molecule has 2 aromatic rings. The Kier molecular flexibility index (Phi) is 4.77. The molecular weight excluding hydrogens is 264 g/mol. The summed E-state index contributed by atoms with van der Waals surface area (Å²) in [5, 5.41) is 10.3. The predicted molar refractivity (Wildman–Crippen MR) is 84.2 cm³/mol. The maximum atomic E-state index is 11.8. The first kappa shape index (κ1) is 14.8. The zero-order valence-electron chi connectivity index (χ0n) is 12.3. The molecule has 0 aliphatic heterocycles. The number of rotatable bonds is 6. The molecule has 2 N–H and O–H groups in total. The average molecular weight is 284 g/mol. The van der Waals surface area contributed by atoms with E-state index in [4.69, 9.17) is 0 Å². The van der Waals surface area contributed by atoms with E-state index in [1.165, 1.54) is 0 Å². The molecule has 0 aliphatic carbocycles. The molecule has 0 aliphatic rings. The molecule has 1 amide bonds. The monoisotopic (exact) mass is 284 g/mol. The second kappa shape index (κ2) is 6.74. The first-order valence-electron chi connectivity index (χ1n) is 6.85. The standard InChI is InChI=1S/C16H20N4O/c1-4-10-17-16(21)13-5-7-14(8-6-13)19-12(2)15-9-11-18-20(15)3/h4-9,11-12,19H,1,10H2,2-3H3,(H,17,21). The molecule has 5 nitrogen and oxygen atoms in total. The van der Waals surface area contributed by atoms with E-state index in [1.807, 2.05) is 29.9 Å². The van der Waals surface area contributed by atoms with Gasteiger partial charge in [-0.25, -0.2) is 0 Å². The van der Waals surface area contributed by atoms with Crippen LogP contribution in [0.3, 0.4) is 0 Å². The zero-order chi connectivity index (χ0) is 15.2. The van der Waals surface area contributed by atoms with Gasteiger partial charge in [-0.1, -0.05) is 6.08 Å². The highest BCUT2D eigenvalue weighted by Gasteiger charge is 2.09. The molecule has 1 heterocycles. The fraction of sp³-hybridized carbons (Fsp3) is 0.250. The van der Waals surface area contributed by atoms with Crippen LogP contribution < -0.4 is 10.6 Å². The van der Waals surface area contributed by atoms with Crippen LogP contribution in [0.2, 0.25) is 0 Å². The summed E-state index contributed by atoms with van der Waals surface area (Å²) in [6, 6.07) is 9.52. The van der Waals surface area contributed by atoms with E-state index in [0.717, 1.165) is 11.4 Å². The van der Waals surface area contributed by atoms with Gasteiger partial charge in [0.05, 0.1) is 11.7 Å². The molecule has 0 radical (unpaired) electrons. The quantitative estimate of drug-likeness (QED) is 0.801. The Morgan fingerprint density at radius 1 is 1.38 bits per heavy atom. The van der Waals surface area contributed by atoms with Crippen molar-refractivity contribution in [1.82, 2.24) is 15.1 Å². The van der Waals surface area contributed by atoms with Crippen molar-refractivity contribution in [2.75, 3.05) is 11.9 Å². The summed E-state index contributed by atoms with van der Waals surface area (Å²) in [5.74, 6) is -0.0962. The second-order valence-corrected chi connectivity index (χ2v) is 4.82. The summed E-state index contributed by atoms with van der Waals surface area (Å²) < 4.78 is 1.84.